The van der Waals surface area contributed by atoms with Crippen molar-refractivity contribution in [2.75, 3.05) is 19.7 Å². The van der Waals surface area contributed by atoms with Gasteiger partial charge in [-0.2, -0.15) is 5.10 Å². The largest absolute Gasteiger partial charge is 0.466 e. The second-order valence-electron chi connectivity index (χ2n) is 7.37. The van der Waals surface area contributed by atoms with E-state index in [-0.39, 0.29) is 11.9 Å². The maximum Gasteiger partial charge on any atom is 0.310 e. The predicted octanol–water partition coefficient (Wildman–Crippen LogP) is 3.63. The molecule has 0 spiro atoms. The lowest BCUT2D eigenvalue weighted by atomic mass is 9.99. The molecule has 1 aliphatic carbocycles. The van der Waals surface area contributed by atoms with Crippen LogP contribution in [0.1, 0.15) is 49.4 Å². The Morgan fingerprint density at radius 3 is 2.96 bits per heavy atom. The first-order valence-corrected chi connectivity index (χ1v) is 11.0. The van der Waals surface area contributed by atoms with Crippen LogP contribution in [0.15, 0.2) is 17.5 Å². The molecule has 0 aromatic carbocycles. The number of aromatic nitrogens is 3. The van der Waals surface area contributed by atoms with Crippen molar-refractivity contribution in [3.05, 3.63) is 33.0 Å². The Labute approximate surface area is 168 Å². The van der Waals surface area contributed by atoms with Crippen LogP contribution in [0.25, 0.3) is 0 Å². The van der Waals surface area contributed by atoms with Crippen molar-refractivity contribution >= 4 is 29.5 Å². The van der Waals surface area contributed by atoms with Gasteiger partial charge in [-0.1, -0.05) is 6.07 Å². The average molecular weight is 407 g/mol. The Morgan fingerprint density at radius 1 is 1.41 bits per heavy atom. The highest BCUT2D eigenvalue weighted by Crippen LogP contribution is 2.36. The Morgan fingerprint density at radius 2 is 2.26 bits per heavy atom. The van der Waals surface area contributed by atoms with Gasteiger partial charge in [-0.3, -0.25) is 9.69 Å². The summed E-state index contributed by atoms with van der Waals surface area (Å²) in [7, 11) is 0. The van der Waals surface area contributed by atoms with Gasteiger partial charge < -0.3 is 9.30 Å². The minimum absolute atomic E-state index is 0.0380. The van der Waals surface area contributed by atoms with Gasteiger partial charge in [0.1, 0.15) is 5.82 Å². The Kier molecular flexibility index (Phi) is 5.75. The minimum atomic E-state index is -0.0762. The molecule has 27 heavy (non-hydrogen) atoms. The molecule has 2 fully saturated rings. The van der Waals surface area contributed by atoms with Gasteiger partial charge in [0.05, 0.1) is 19.2 Å². The second-order valence-corrected chi connectivity index (χ2v) is 8.76. The quantitative estimate of drug-likeness (QED) is 0.519. The fourth-order valence-corrected chi connectivity index (χ4v) is 4.83. The molecule has 4 rings (SSSR count). The molecule has 1 saturated carbocycles. The zero-order valence-corrected chi connectivity index (χ0v) is 17.3. The maximum absolute atomic E-state index is 12.1. The fourth-order valence-electron chi connectivity index (χ4n) is 3.77. The molecule has 0 unspecified atom stereocenters. The zero-order valence-electron chi connectivity index (χ0n) is 15.7. The summed E-state index contributed by atoms with van der Waals surface area (Å²) in [6.07, 6.45) is 5.11. The number of ether oxygens (including phenoxy) is 1. The summed E-state index contributed by atoms with van der Waals surface area (Å²) in [6, 6.07) is 4.74. The normalized spacial score (nSPS) is 20.7. The third-order valence-corrected chi connectivity index (χ3v) is 6.51. The van der Waals surface area contributed by atoms with E-state index in [1.807, 2.05) is 11.6 Å². The van der Waals surface area contributed by atoms with Gasteiger partial charge in [-0.15, -0.1) is 11.3 Å². The Hall–Kier alpha value is -1.51. The number of likely N-dealkylation sites (tertiary alicyclic amines) is 1. The lowest BCUT2D eigenvalue weighted by Gasteiger charge is -2.31. The van der Waals surface area contributed by atoms with Crippen LogP contribution in [0.4, 0.5) is 0 Å². The number of piperidine rings is 1. The SMILES string of the molecule is CCOC(=O)[C@H]1CCCN(Cn2nc(Cc3cccs3)n(C3CC3)c2=S)C1. The van der Waals surface area contributed by atoms with E-state index in [1.165, 1.54) is 17.7 Å². The van der Waals surface area contributed by atoms with E-state index in [2.05, 4.69) is 27.0 Å². The van der Waals surface area contributed by atoms with Gasteiger partial charge >= 0.3 is 5.97 Å². The van der Waals surface area contributed by atoms with E-state index < -0.39 is 0 Å². The molecule has 0 radical (unpaired) electrons. The first-order valence-electron chi connectivity index (χ1n) is 9.75. The molecule has 1 saturated heterocycles. The predicted molar refractivity (Wildman–Crippen MR) is 107 cm³/mol. The van der Waals surface area contributed by atoms with Gasteiger partial charge in [0.25, 0.3) is 0 Å². The van der Waals surface area contributed by atoms with Crippen molar-refractivity contribution in [3.63, 3.8) is 0 Å². The van der Waals surface area contributed by atoms with Crippen LogP contribution >= 0.6 is 23.6 Å². The van der Waals surface area contributed by atoms with E-state index in [4.69, 9.17) is 22.1 Å². The van der Waals surface area contributed by atoms with Crippen molar-refractivity contribution in [1.29, 1.82) is 0 Å². The molecule has 2 aromatic rings. The third kappa shape index (κ3) is 4.33. The van der Waals surface area contributed by atoms with Crippen molar-refractivity contribution in [1.82, 2.24) is 19.2 Å². The molecule has 8 heteroatoms. The summed E-state index contributed by atoms with van der Waals surface area (Å²) < 4.78 is 10.2. The van der Waals surface area contributed by atoms with Gasteiger partial charge in [-0.25, -0.2) is 4.68 Å². The fraction of sp³-hybridized carbons (Fsp3) is 0.632. The highest BCUT2D eigenvalue weighted by Gasteiger charge is 2.30. The van der Waals surface area contributed by atoms with Crippen LogP contribution < -0.4 is 0 Å². The highest BCUT2D eigenvalue weighted by molar-refractivity contribution is 7.71. The van der Waals surface area contributed by atoms with E-state index >= 15 is 0 Å². The summed E-state index contributed by atoms with van der Waals surface area (Å²) >= 11 is 7.52. The van der Waals surface area contributed by atoms with Crippen molar-refractivity contribution in [2.45, 2.75) is 51.7 Å². The first-order chi connectivity index (χ1) is 13.2. The molecular weight excluding hydrogens is 380 g/mol. The van der Waals surface area contributed by atoms with Gasteiger partial charge in [0, 0.05) is 23.9 Å². The first kappa shape index (κ1) is 18.8. The summed E-state index contributed by atoms with van der Waals surface area (Å²) in [5.41, 5.74) is 0. The molecule has 6 nitrogen and oxygen atoms in total. The number of hydrogen-bond acceptors (Lipinski definition) is 6. The summed E-state index contributed by atoms with van der Waals surface area (Å²) in [5, 5.41) is 6.97. The summed E-state index contributed by atoms with van der Waals surface area (Å²) in [4.78, 5) is 15.7. The van der Waals surface area contributed by atoms with Crippen LogP contribution in [-0.4, -0.2) is 44.9 Å². The standard InChI is InChI=1S/C19H26N4O2S2/c1-2-25-18(24)14-5-3-9-21(12-14)13-22-19(26)23(15-7-8-15)17(20-22)11-16-6-4-10-27-16/h4,6,10,14-15H,2-3,5,7-9,11-13H2,1H3/t14-/m0/s1. The number of nitrogens with zero attached hydrogens (tertiary/aromatic N) is 4. The van der Waals surface area contributed by atoms with Crippen molar-refractivity contribution in [2.24, 2.45) is 5.92 Å². The summed E-state index contributed by atoms with van der Waals surface area (Å²) in [5.74, 6) is 0.945. The van der Waals surface area contributed by atoms with E-state index in [9.17, 15) is 4.79 Å². The average Bonchev–Trinajstić information content (AvgIpc) is 3.27. The van der Waals surface area contributed by atoms with Crippen LogP contribution in [0.2, 0.25) is 0 Å². The Balaban J connectivity index is 1.50. The molecule has 3 heterocycles. The number of rotatable bonds is 7. The summed E-state index contributed by atoms with van der Waals surface area (Å²) in [6.45, 7) is 4.63. The molecule has 2 aliphatic rings. The third-order valence-electron chi connectivity index (χ3n) is 5.22. The van der Waals surface area contributed by atoms with Crippen molar-refractivity contribution < 1.29 is 9.53 Å². The van der Waals surface area contributed by atoms with Crippen molar-refractivity contribution in [3.8, 4) is 0 Å². The molecule has 0 bridgehead atoms. The van der Waals surface area contributed by atoms with Gasteiger partial charge in [-0.05, 0) is 62.8 Å². The number of hydrogen-bond donors (Lipinski definition) is 0. The number of thiophene rings is 1. The van der Waals surface area contributed by atoms with E-state index in [0.29, 0.717) is 19.3 Å². The van der Waals surface area contributed by atoms with Crippen LogP contribution in [-0.2, 0) is 22.6 Å². The molecule has 2 aromatic heterocycles. The molecule has 1 aliphatic heterocycles. The zero-order chi connectivity index (χ0) is 18.8. The topological polar surface area (TPSA) is 52.3 Å². The minimum Gasteiger partial charge on any atom is -0.466 e. The molecule has 0 N–H and O–H groups in total. The molecule has 1 atom stereocenters. The maximum atomic E-state index is 12.1. The van der Waals surface area contributed by atoms with Crippen LogP contribution in [0.3, 0.4) is 0 Å². The number of carbonyl (C=O) groups excluding carboxylic acids is 1. The monoisotopic (exact) mass is 406 g/mol. The van der Waals surface area contributed by atoms with E-state index in [0.717, 1.165) is 42.9 Å². The van der Waals surface area contributed by atoms with E-state index in [1.54, 1.807) is 11.3 Å². The Bertz CT molecular complexity index is 839. The van der Waals surface area contributed by atoms with Crippen LogP contribution in [0, 0.1) is 10.7 Å². The smallest absolute Gasteiger partial charge is 0.310 e. The second kappa shape index (κ2) is 8.24. The number of esters is 1. The lowest BCUT2D eigenvalue weighted by molar-refractivity contribution is -0.150. The van der Waals surface area contributed by atoms with Crippen LogP contribution in [0.5, 0.6) is 0 Å². The van der Waals surface area contributed by atoms with Gasteiger partial charge in [0.2, 0.25) is 0 Å². The molecule has 146 valence electrons. The molecule has 0 amide bonds. The lowest BCUT2D eigenvalue weighted by Crippen LogP contribution is -2.40. The molecular formula is C19H26N4O2S2. The van der Waals surface area contributed by atoms with Gasteiger partial charge in [0.15, 0.2) is 4.77 Å². The number of carbonyl (C=O) groups is 1. The highest BCUT2D eigenvalue weighted by atomic mass is 32.1.